The van der Waals surface area contributed by atoms with Crippen molar-refractivity contribution in [2.45, 2.75) is 9.79 Å². The van der Waals surface area contributed by atoms with Crippen LogP contribution in [0.4, 0.5) is 14.5 Å². The third-order valence-corrected chi connectivity index (χ3v) is 6.82. The summed E-state index contributed by atoms with van der Waals surface area (Å²) in [6.45, 7) is 0. The Hall–Kier alpha value is -3.71. The molecule has 3 rings (SSSR count). The van der Waals surface area contributed by atoms with Crippen molar-refractivity contribution in [3.8, 4) is 11.5 Å². The van der Waals surface area contributed by atoms with E-state index >= 15 is 0 Å². The summed E-state index contributed by atoms with van der Waals surface area (Å²) in [6, 6.07) is 10.1. The van der Waals surface area contributed by atoms with Crippen LogP contribution in [0.3, 0.4) is 0 Å². The van der Waals surface area contributed by atoms with Gasteiger partial charge in [-0.05, 0) is 48.5 Å². The van der Waals surface area contributed by atoms with Gasteiger partial charge in [-0.3, -0.25) is 4.72 Å². The number of hydrogen-bond donors (Lipinski definition) is 2. The molecule has 0 bridgehead atoms. The molecule has 0 aliphatic carbocycles. The molecular formula is C20H15F2NO8S2. The fraction of sp³-hybridized carbons (Fsp3) is 0.0500. The summed E-state index contributed by atoms with van der Waals surface area (Å²) >= 11 is 0. The van der Waals surface area contributed by atoms with Crippen LogP contribution >= 0.6 is 0 Å². The highest BCUT2D eigenvalue weighted by Crippen LogP contribution is 2.30. The Bertz CT molecular complexity index is 1440. The van der Waals surface area contributed by atoms with Crippen molar-refractivity contribution >= 4 is 31.8 Å². The summed E-state index contributed by atoms with van der Waals surface area (Å²) in [5.74, 6) is -4.97. The minimum absolute atomic E-state index is 0.0816. The smallest absolute Gasteiger partial charge is 0.339 e. The van der Waals surface area contributed by atoms with E-state index in [0.29, 0.717) is 18.2 Å². The molecule has 0 unspecified atom stereocenters. The molecule has 0 aliphatic heterocycles. The Morgan fingerprint density at radius 2 is 1.55 bits per heavy atom. The first-order chi connectivity index (χ1) is 15.4. The van der Waals surface area contributed by atoms with E-state index in [9.17, 15) is 35.5 Å². The highest BCUT2D eigenvalue weighted by Gasteiger charge is 2.25. The molecule has 174 valence electrons. The molecule has 9 nitrogen and oxygen atoms in total. The van der Waals surface area contributed by atoms with Gasteiger partial charge in [0.1, 0.15) is 16.2 Å². The lowest BCUT2D eigenvalue weighted by Gasteiger charge is -2.14. The number of methoxy groups -OCH3 is 1. The summed E-state index contributed by atoms with van der Waals surface area (Å²) in [7, 11) is -7.75. The van der Waals surface area contributed by atoms with Crippen LogP contribution in [-0.4, -0.2) is 35.0 Å². The molecule has 0 amide bonds. The van der Waals surface area contributed by atoms with Crippen molar-refractivity contribution in [1.82, 2.24) is 0 Å². The van der Waals surface area contributed by atoms with E-state index in [4.69, 9.17) is 8.92 Å². The summed E-state index contributed by atoms with van der Waals surface area (Å²) in [6.07, 6.45) is 0. The minimum Gasteiger partial charge on any atom is -0.495 e. The summed E-state index contributed by atoms with van der Waals surface area (Å²) < 4.78 is 88.8. The van der Waals surface area contributed by atoms with Gasteiger partial charge in [-0.2, -0.15) is 8.42 Å². The fourth-order valence-corrected chi connectivity index (χ4v) is 4.70. The number of carboxylic acid groups (broad SMARTS) is 1. The molecule has 13 heteroatoms. The summed E-state index contributed by atoms with van der Waals surface area (Å²) in [5, 5.41) is 9.46. The van der Waals surface area contributed by atoms with E-state index in [-0.39, 0.29) is 11.4 Å². The van der Waals surface area contributed by atoms with Crippen LogP contribution in [0.25, 0.3) is 0 Å². The predicted molar refractivity (Wildman–Crippen MR) is 111 cm³/mol. The quantitative estimate of drug-likeness (QED) is 0.451. The molecule has 33 heavy (non-hydrogen) atoms. The number of anilines is 1. The lowest BCUT2D eigenvalue weighted by atomic mass is 10.2. The maximum Gasteiger partial charge on any atom is 0.339 e. The van der Waals surface area contributed by atoms with Gasteiger partial charge in [-0.25, -0.2) is 22.0 Å². The Morgan fingerprint density at radius 3 is 2.18 bits per heavy atom. The van der Waals surface area contributed by atoms with Crippen LogP contribution in [0.15, 0.2) is 70.5 Å². The Morgan fingerprint density at radius 1 is 0.879 bits per heavy atom. The molecule has 0 aliphatic rings. The van der Waals surface area contributed by atoms with Crippen molar-refractivity contribution in [2.24, 2.45) is 0 Å². The van der Waals surface area contributed by atoms with Crippen LogP contribution in [0.1, 0.15) is 10.4 Å². The molecule has 0 spiro atoms. The third kappa shape index (κ3) is 5.21. The van der Waals surface area contributed by atoms with E-state index in [0.717, 1.165) is 18.2 Å². The lowest BCUT2D eigenvalue weighted by Crippen LogP contribution is -2.16. The molecule has 0 fully saturated rings. The monoisotopic (exact) mass is 499 g/mol. The number of ether oxygens (including phenoxy) is 1. The van der Waals surface area contributed by atoms with E-state index in [2.05, 4.69) is 4.72 Å². The summed E-state index contributed by atoms with van der Waals surface area (Å²) in [5.41, 5.74) is -0.720. The first-order valence-electron chi connectivity index (χ1n) is 8.87. The van der Waals surface area contributed by atoms with Crippen LogP contribution in [0.5, 0.6) is 11.5 Å². The van der Waals surface area contributed by atoms with Gasteiger partial charge >= 0.3 is 16.1 Å². The second-order valence-corrected chi connectivity index (χ2v) is 9.61. The molecule has 0 heterocycles. The number of hydrogen-bond acceptors (Lipinski definition) is 7. The molecule has 0 saturated heterocycles. The molecule has 0 atom stereocenters. The standard InChI is InChI=1S/C20H15F2NO8S2/c1-30-19-5-3-2-4-17(19)23-32(26,27)12-7-9-18(14(10-12)20(24)25)31-33(28,29)13-6-8-15(21)16(22)11-13/h2-11,23H,1H3,(H,24,25). The first-order valence-corrected chi connectivity index (χ1v) is 11.8. The topological polar surface area (TPSA) is 136 Å². The van der Waals surface area contributed by atoms with Gasteiger partial charge in [0, 0.05) is 0 Å². The molecule has 0 radical (unpaired) electrons. The van der Waals surface area contributed by atoms with Crippen molar-refractivity contribution in [3.63, 3.8) is 0 Å². The molecule has 3 aromatic rings. The number of para-hydroxylation sites is 2. The molecule has 3 aromatic carbocycles. The average Bonchev–Trinajstić information content (AvgIpc) is 2.75. The summed E-state index contributed by atoms with van der Waals surface area (Å²) in [4.78, 5) is 10.4. The Balaban J connectivity index is 1.98. The van der Waals surface area contributed by atoms with Crippen LogP contribution in [0, 0.1) is 11.6 Å². The third-order valence-electron chi connectivity index (χ3n) is 4.22. The van der Waals surface area contributed by atoms with E-state index in [1.54, 1.807) is 12.1 Å². The zero-order valence-corrected chi connectivity index (χ0v) is 18.3. The number of carboxylic acids is 1. The van der Waals surface area contributed by atoms with E-state index in [1.165, 1.54) is 19.2 Å². The number of halogens is 2. The van der Waals surface area contributed by atoms with Gasteiger partial charge in [-0.1, -0.05) is 12.1 Å². The van der Waals surface area contributed by atoms with E-state index < -0.39 is 58.8 Å². The highest BCUT2D eigenvalue weighted by molar-refractivity contribution is 7.92. The number of rotatable bonds is 8. The lowest BCUT2D eigenvalue weighted by molar-refractivity contribution is 0.0694. The molecule has 0 saturated carbocycles. The van der Waals surface area contributed by atoms with Crippen molar-refractivity contribution in [1.29, 1.82) is 0 Å². The first kappa shape index (κ1) is 23.9. The number of nitrogens with one attached hydrogen (secondary N) is 1. The largest absolute Gasteiger partial charge is 0.495 e. The second kappa shape index (κ2) is 9.03. The average molecular weight is 499 g/mol. The Kier molecular flexibility index (Phi) is 6.56. The van der Waals surface area contributed by atoms with Crippen LogP contribution in [-0.2, 0) is 20.1 Å². The van der Waals surface area contributed by atoms with Gasteiger partial charge in [-0.15, -0.1) is 0 Å². The Labute approximate surface area is 187 Å². The van der Waals surface area contributed by atoms with E-state index in [1.807, 2.05) is 0 Å². The molecular weight excluding hydrogens is 484 g/mol. The maximum atomic E-state index is 13.4. The predicted octanol–water partition coefficient (Wildman–Crippen LogP) is 3.24. The fourth-order valence-electron chi connectivity index (χ4n) is 2.65. The van der Waals surface area contributed by atoms with Gasteiger partial charge < -0.3 is 14.0 Å². The molecule has 0 aromatic heterocycles. The number of benzene rings is 3. The zero-order valence-electron chi connectivity index (χ0n) is 16.7. The molecule has 2 N–H and O–H groups in total. The maximum absolute atomic E-state index is 13.4. The highest BCUT2D eigenvalue weighted by atomic mass is 32.2. The number of aromatic carboxylic acids is 1. The second-order valence-electron chi connectivity index (χ2n) is 6.38. The SMILES string of the molecule is COc1ccccc1NS(=O)(=O)c1ccc(OS(=O)(=O)c2ccc(F)c(F)c2)c(C(=O)O)c1. The van der Waals surface area contributed by atoms with Gasteiger partial charge in [0.2, 0.25) is 0 Å². The van der Waals surface area contributed by atoms with Crippen molar-refractivity contribution < 1.29 is 44.4 Å². The zero-order chi connectivity index (χ0) is 24.4. The van der Waals surface area contributed by atoms with Gasteiger partial charge in [0.25, 0.3) is 10.0 Å². The van der Waals surface area contributed by atoms with Gasteiger partial charge in [0.05, 0.1) is 17.7 Å². The number of carbonyl (C=O) groups is 1. The minimum atomic E-state index is -4.77. The number of sulfonamides is 1. The van der Waals surface area contributed by atoms with Crippen LogP contribution < -0.4 is 13.6 Å². The van der Waals surface area contributed by atoms with Crippen molar-refractivity contribution in [2.75, 3.05) is 11.8 Å². The van der Waals surface area contributed by atoms with Gasteiger partial charge in [0.15, 0.2) is 17.4 Å². The van der Waals surface area contributed by atoms with Crippen LogP contribution in [0.2, 0.25) is 0 Å². The normalized spacial score (nSPS) is 11.6. The van der Waals surface area contributed by atoms with Crippen molar-refractivity contribution in [3.05, 3.63) is 77.9 Å².